The number of aliphatic carboxylic acids is 1. The standard InChI is InChI=1S/C5H10N4O2.ClH/c1-2-3(4(10)11)8-9-5(6)7;/h2H2,1H3,(H,10,11)(H4,6,7,9);1H/b8-3-;. The van der Waals surface area contributed by atoms with Crippen LogP contribution in [0.5, 0.6) is 0 Å². The summed E-state index contributed by atoms with van der Waals surface area (Å²) >= 11 is 0. The maximum absolute atomic E-state index is 10.3. The highest BCUT2D eigenvalue weighted by Crippen LogP contribution is 1.86. The van der Waals surface area contributed by atoms with Gasteiger partial charge in [-0.2, -0.15) is 0 Å². The minimum atomic E-state index is -1.11. The molecular formula is C5H11ClN4O2. The predicted octanol–water partition coefficient (Wildman–Crippen LogP) is -0.468. The van der Waals surface area contributed by atoms with Crippen LogP contribution in [-0.2, 0) is 4.79 Å². The van der Waals surface area contributed by atoms with Crippen molar-refractivity contribution in [2.75, 3.05) is 0 Å². The Kier molecular flexibility index (Phi) is 7.11. The molecule has 12 heavy (non-hydrogen) atoms. The summed E-state index contributed by atoms with van der Waals surface area (Å²) in [5, 5.41) is 14.9. The van der Waals surface area contributed by atoms with Gasteiger partial charge < -0.3 is 16.6 Å². The van der Waals surface area contributed by atoms with E-state index in [4.69, 9.17) is 16.6 Å². The van der Waals surface area contributed by atoms with E-state index in [0.29, 0.717) is 0 Å². The number of nitrogens with zero attached hydrogens (tertiary/aromatic N) is 2. The Morgan fingerprint density at radius 2 is 1.92 bits per heavy atom. The van der Waals surface area contributed by atoms with E-state index in [1.165, 1.54) is 0 Å². The third kappa shape index (κ3) is 5.48. The summed E-state index contributed by atoms with van der Waals surface area (Å²) in [6.45, 7) is 1.65. The first-order valence-electron chi connectivity index (χ1n) is 2.96. The molecule has 0 saturated carbocycles. The second-order valence-electron chi connectivity index (χ2n) is 1.73. The highest BCUT2D eigenvalue weighted by Gasteiger charge is 2.04. The van der Waals surface area contributed by atoms with Gasteiger partial charge in [-0.1, -0.05) is 6.92 Å². The van der Waals surface area contributed by atoms with Crippen LogP contribution in [0.1, 0.15) is 13.3 Å². The van der Waals surface area contributed by atoms with Gasteiger partial charge in [-0.3, -0.25) is 0 Å². The number of rotatable bonds is 3. The van der Waals surface area contributed by atoms with Gasteiger partial charge in [-0.15, -0.1) is 22.6 Å². The Morgan fingerprint density at radius 3 is 2.17 bits per heavy atom. The number of carbonyl (C=O) groups is 1. The van der Waals surface area contributed by atoms with Crippen LogP contribution in [0.4, 0.5) is 0 Å². The molecule has 0 amide bonds. The quantitative estimate of drug-likeness (QED) is 0.320. The first-order valence-corrected chi connectivity index (χ1v) is 2.96. The van der Waals surface area contributed by atoms with Gasteiger partial charge in [0.2, 0.25) is 5.96 Å². The molecule has 0 heterocycles. The Bertz CT molecular complexity index is 209. The van der Waals surface area contributed by atoms with E-state index in [0.717, 1.165) is 0 Å². The van der Waals surface area contributed by atoms with Gasteiger partial charge in [0, 0.05) is 0 Å². The Labute approximate surface area is 75.7 Å². The lowest BCUT2D eigenvalue weighted by Gasteiger charge is -1.91. The molecule has 0 unspecified atom stereocenters. The number of nitrogens with two attached hydrogens (primary N) is 2. The Balaban J connectivity index is 0. The fourth-order valence-electron chi connectivity index (χ4n) is 0.383. The second kappa shape index (κ2) is 6.41. The van der Waals surface area contributed by atoms with Crippen molar-refractivity contribution >= 4 is 30.0 Å². The van der Waals surface area contributed by atoms with E-state index in [-0.39, 0.29) is 30.5 Å². The zero-order valence-electron chi connectivity index (χ0n) is 6.52. The SMILES string of the molecule is CC/C(=N/N=C(N)N)C(=O)O.Cl. The molecule has 0 spiro atoms. The number of halogens is 1. The van der Waals surface area contributed by atoms with Crippen LogP contribution in [0.15, 0.2) is 10.2 Å². The summed E-state index contributed by atoms with van der Waals surface area (Å²) < 4.78 is 0. The lowest BCUT2D eigenvalue weighted by Crippen LogP contribution is -2.22. The molecule has 0 aromatic carbocycles. The van der Waals surface area contributed by atoms with Gasteiger partial charge in [0.05, 0.1) is 0 Å². The molecule has 0 aliphatic carbocycles. The molecule has 0 fully saturated rings. The summed E-state index contributed by atoms with van der Waals surface area (Å²) in [5.74, 6) is -1.37. The molecule has 0 aromatic heterocycles. The highest BCUT2D eigenvalue weighted by atomic mass is 35.5. The van der Waals surface area contributed by atoms with Crippen molar-refractivity contribution in [3.05, 3.63) is 0 Å². The number of hydrogen-bond acceptors (Lipinski definition) is 3. The zero-order chi connectivity index (χ0) is 8.85. The topological polar surface area (TPSA) is 114 Å². The van der Waals surface area contributed by atoms with Crippen molar-refractivity contribution in [3.63, 3.8) is 0 Å². The predicted molar refractivity (Wildman–Crippen MR) is 48.4 cm³/mol. The summed E-state index contributed by atoms with van der Waals surface area (Å²) in [6.07, 6.45) is 0.284. The fraction of sp³-hybridized carbons (Fsp3) is 0.400. The Morgan fingerprint density at radius 1 is 1.42 bits per heavy atom. The smallest absolute Gasteiger partial charge is 0.352 e. The maximum Gasteiger partial charge on any atom is 0.352 e. The summed E-state index contributed by atoms with van der Waals surface area (Å²) in [6, 6.07) is 0. The second-order valence-corrected chi connectivity index (χ2v) is 1.73. The summed E-state index contributed by atoms with van der Waals surface area (Å²) in [7, 11) is 0. The summed E-state index contributed by atoms with van der Waals surface area (Å²) in [4.78, 5) is 10.3. The van der Waals surface area contributed by atoms with Crippen molar-refractivity contribution < 1.29 is 9.90 Å². The molecule has 0 radical (unpaired) electrons. The lowest BCUT2D eigenvalue weighted by atomic mass is 10.3. The fourth-order valence-corrected chi connectivity index (χ4v) is 0.383. The zero-order valence-corrected chi connectivity index (χ0v) is 7.34. The van der Waals surface area contributed by atoms with Crippen molar-refractivity contribution in [2.24, 2.45) is 21.7 Å². The van der Waals surface area contributed by atoms with Crippen LogP contribution in [0.2, 0.25) is 0 Å². The van der Waals surface area contributed by atoms with E-state index in [1.54, 1.807) is 6.92 Å². The first-order chi connectivity index (χ1) is 5.07. The molecule has 6 nitrogen and oxygen atoms in total. The van der Waals surface area contributed by atoms with Gasteiger partial charge in [0.1, 0.15) is 5.71 Å². The normalized spacial score (nSPS) is 9.92. The molecule has 0 aliphatic heterocycles. The average molecular weight is 195 g/mol. The molecule has 0 bridgehead atoms. The molecule has 5 N–H and O–H groups in total. The number of guanidine groups is 1. The molecule has 70 valence electrons. The van der Waals surface area contributed by atoms with Gasteiger partial charge >= 0.3 is 5.97 Å². The average Bonchev–Trinajstić information content (AvgIpc) is 1.87. The van der Waals surface area contributed by atoms with Crippen LogP contribution < -0.4 is 11.5 Å². The van der Waals surface area contributed by atoms with Crippen LogP contribution in [0.3, 0.4) is 0 Å². The van der Waals surface area contributed by atoms with Crippen molar-refractivity contribution in [3.8, 4) is 0 Å². The molecule has 0 atom stereocenters. The van der Waals surface area contributed by atoms with Crippen LogP contribution in [-0.4, -0.2) is 22.7 Å². The van der Waals surface area contributed by atoms with Crippen LogP contribution in [0.25, 0.3) is 0 Å². The third-order valence-electron chi connectivity index (χ3n) is 0.868. The number of carboxylic acids is 1. The maximum atomic E-state index is 10.3. The van der Waals surface area contributed by atoms with Crippen LogP contribution in [0, 0.1) is 0 Å². The van der Waals surface area contributed by atoms with E-state index in [1.807, 2.05) is 0 Å². The van der Waals surface area contributed by atoms with Crippen molar-refractivity contribution in [1.82, 2.24) is 0 Å². The minimum Gasteiger partial charge on any atom is -0.477 e. The largest absolute Gasteiger partial charge is 0.477 e. The first kappa shape index (κ1) is 13.3. The van der Waals surface area contributed by atoms with Gasteiger partial charge in [-0.05, 0) is 6.42 Å². The molecular weight excluding hydrogens is 184 g/mol. The monoisotopic (exact) mass is 194 g/mol. The van der Waals surface area contributed by atoms with Crippen LogP contribution >= 0.6 is 12.4 Å². The highest BCUT2D eigenvalue weighted by molar-refractivity contribution is 6.35. The molecule has 7 heteroatoms. The molecule has 0 saturated heterocycles. The molecule has 0 aromatic rings. The van der Waals surface area contributed by atoms with Crippen molar-refractivity contribution in [1.29, 1.82) is 0 Å². The van der Waals surface area contributed by atoms with Gasteiger partial charge in [0.15, 0.2) is 0 Å². The van der Waals surface area contributed by atoms with Gasteiger partial charge in [-0.25, -0.2) is 4.79 Å². The minimum absolute atomic E-state index is 0. The summed E-state index contributed by atoms with van der Waals surface area (Å²) in [5.41, 5.74) is 9.78. The third-order valence-corrected chi connectivity index (χ3v) is 0.868. The van der Waals surface area contributed by atoms with E-state index in [2.05, 4.69) is 10.2 Å². The van der Waals surface area contributed by atoms with Gasteiger partial charge in [0.25, 0.3) is 0 Å². The van der Waals surface area contributed by atoms with E-state index in [9.17, 15) is 4.79 Å². The molecule has 0 rings (SSSR count). The van der Waals surface area contributed by atoms with Crippen molar-refractivity contribution in [2.45, 2.75) is 13.3 Å². The Hall–Kier alpha value is -1.30. The lowest BCUT2D eigenvalue weighted by molar-refractivity contribution is -0.129. The number of hydrogen-bond donors (Lipinski definition) is 3. The number of carboxylic acid groups (broad SMARTS) is 1. The van der Waals surface area contributed by atoms with E-state index < -0.39 is 5.97 Å². The van der Waals surface area contributed by atoms with E-state index >= 15 is 0 Å². The molecule has 0 aliphatic rings.